The predicted octanol–water partition coefficient (Wildman–Crippen LogP) is 1.11. The van der Waals surface area contributed by atoms with Gasteiger partial charge in [-0.3, -0.25) is 0 Å². The van der Waals surface area contributed by atoms with Gasteiger partial charge in [0.25, 0.3) is 0 Å². The van der Waals surface area contributed by atoms with Gasteiger partial charge in [-0.1, -0.05) is 17.7 Å². The molecule has 0 radical (unpaired) electrons. The molecule has 0 aliphatic heterocycles. The number of aliphatic carboxylic acids is 1. The molecule has 0 saturated carbocycles. The highest BCUT2D eigenvalue weighted by atomic mass is 35.5. The van der Waals surface area contributed by atoms with Crippen molar-refractivity contribution < 1.29 is 24.9 Å². The second-order valence-electron chi connectivity index (χ2n) is 3.74. The lowest BCUT2D eigenvalue weighted by atomic mass is 10.0. The van der Waals surface area contributed by atoms with Crippen LogP contribution in [0.3, 0.4) is 0 Å². The van der Waals surface area contributed by atoms with Gasteiger partial charge in [0.05, 0.1) is 18.6 Å². The number of aliphatic hydroxyl groups excluding tert-OH is 2. The zero-order valence-electron chi connectivity index (χ0n) is 9.78. The van der Waals surface area contributed by atoms with Crippen LogP contribution in [0.4, 0.5) is 0 Å². The van der Waals surface area contributed by atoms with Crippen LogP contribution in [0.15, 0.2) is 18.2 Å². The molecule has 7 heteroatoms. The van der Waals surface area contributed by atoms with Gasteiger partial charge in [-0.25, -0.2) is 4.79 Å². The van der Waals surface area contributed by atoms with Crippen molar-refractivity contribution in [2.45, 2.75) is 18.6 Å². The molecule has 6 nitrogen and oxygen atoms in total. The van der Waals surface area contributed by atoms with E-state index in [1.165, 1.54) is 18.2 Å². The van der Waals surface area contributed by atoms with Gasteiger partial charge in [0.2, 0.25) is 0 Å². The molecule has 0 amide bonds. The molecule has 0 aromatic heterocycles. The van der Waals surface area contributed by atoms with Crippen LogP contribution in [0.1, 0.15) is 18.1 Å². The Morgan fingerprint density at radius 3 is 2.74 bits per heavy atom. The summed E-state index contributed by atoms with van der Waals surface area (Å²) in [6, 6.07) is 5.94. The third-order valence-corrected chi connectivity index (χ3v) is 2.55. The number of carboxylic acids is 1. The molecule has 0 fully saturated rings. The third kappa shape index (κ3) is 4.41. The normalized spacial score (nSPS) is 13.4. The molecule has 3 N–H and O–H groups in total. The van der Waals surface area contributed by atoms with Crippen LogP contribution in [-0.2, 0) is 4.79 Å². The van der Waals surface area contributed by atoms with Gasteiger partial charge in [-0.05, 0) is 12.1 Å². The molecule has 0 bridgehead atoms. The first-order valence-electron chi connectivity index (χ1n) is 5.32. The molecule has 0 saturated heterocycles. The Kier molecular flexibility index (Phi) is 5.57. The summed E-state index contributed by atoms with van der Waals surface area (Å²) in [7, 11) is 0. The Labute approximate surface area is 114 Å². The van der Waals surface area contributed by atoms with Crippen molar-refractivity contribution in [2.75, 3.05) is 6.61 Å². The van der Waals surface area contributed by atoms with Crippen LogP contribution in [-0.4, -0.2) is 34.0 Å². The number of nitrogens with zero attached hydrogens (tertiary/aromatic N) is 1. The molecule has 102 valence electrons. The van der Waals surface area contributed by atoms with Gasteiger partial charge in [0.15, 0.2) is 6.61 Å². The van der Waals surface area contributed by atoms with E-state index in [2.05, 4.69) is 0 Å². The fraction of sp³-hybridized carbons (Fsp3) is 0.333. The van der Waals surface area contributed by atoms with Gasteiger partial charge >= 0.3 is 5.97 Å². The lowest BCUT2D eigenvalue weighted by Gasteiger charge is -2.19. The molecular weight excluding hydrogens is 274 g/mol. The number of hydrogen-bond acceptors (Lipinski definition) is 5. The summed E-state index contributed by atoms with van der Waals surface area (Å²) in [6.07, 6.45) is -2.92. The molecule has 1 aromatic rings. The number of aliphatic hydroxyl groups is 2. The van der Waals surface area contributed by atoms with Crippen molar-refractivity contribution in [1.82, 2.24) is 0 Å². The van der Waals surface area contributed by atoms with Gasteiger partial charge in [-0.2, -0.15) is 5.26 Å². The minimum atomic E-state index is -1.36. The van der Waals surface area contributed by atoms with E-state index in [4.69, 9.17) is 26.7 Å². The number of rotatable bonds is 6. The summed E-state index contributed by atoms with van der Waals surface area (Å²) in [4.78, 5) is 10.5. The summed E-state index contributed by atoms with van der Waals surface area (Å²) >= 11 is 5.75. The summed E-state index contributed by atoms with van der Waals surface area (Å²) in [5, 5.41) is 36.8. The van der Waals surface area contributed by atoms with Crippen LogP contribution >= 0.6 is 11.6 Å². The quantitative estimate of drug-likeness (QED) is 0.722. The summed E-state index contributed by atoms with van der Waals surface area (Å²) < 4.78 is 4.99. The van der Waals surface area contributed by atoms with Crippen LogP contribution < -0.4 is 4.74 Å². The lowest BCUT2D eigenvalue weighted by Crippen LogP contribution is -2.19. The Balaban J connectivity index is 2.98. The number of carboxylic acid groups (broad SMARTS) is 1. The van der Waals surface area contributed by atoms with E-state index in [0.29, 0.717) is 5.02 Å². The minimum Gasteiger partial charge on any atom is -0.481 e. The van der Waals surface area contributed by atoms with E-state index in [0.717, 1.165) is 0 Å². The maximum atomic E-state index is 10.5. The number of ether oxygens (including phenoxy) is 1. The first kappa shape index (κ1) is 15.2. The Bertz CT molecular complexity index is 499. The third-order valence-electron chi connectivity index (χ3n) is 2.31. The topological polar surface area (TPSA) is 111 Å². The zero-order valence-corrected chi connectivity index (χ0v) is 10.5. The Hall–Kier alpha value is -1.81. The van der Waals surface area contributed by atoms with Gasteiger partial charge in [-0.15, -0.1) is 0 Å². The maximum absolute atomic E-state index is 10.5. The van der Waals surface area contributed by atoms with E-state index >= 15 is 0 Å². The molecule has 1 rings (SSSR count). The maximum Gasteiger partial charge on any atom is 0.341 e. The van der Waals surface area contributed by atoms with E-state index in [1.807, 2.05) is 0 Å². The molecule has 0 aliphatic rings. The van der Waals surface area contributed by atoms with Crippen molar-refractivity contribution in [3.05, 3.63) is 28.8 Å². The fourth-order valence-corrected chi connectivity index (χ4v) is 1.59. The van der Waals surface area contributed by atoms with Crippen molar-refractivity contribution in [3.63, 3.8) is 0 Å². The Morgan fingerprint density at radius 1 is 1.47 bits per heavy atom. The fourth-order valence-electron chi connectivity index (χ4n) is 1.43. The molecule has 0 aliphatic carbocycles. The van der Waals surface area contributed by atoms with Crippen LogP contribution in [0.2, 0.25) is 5.02 Å². The molecule has 0 spiro atoms. The smallest absolute Gasteiger partial charge is 0.341 e. The Morgan fingerprint density at radius 2 is 2.16 bits per heavy atom. The van der Waals surface area contributed by atoms with E-state index in [9.17, 15) is 15.0 Å². The second kappa shape index (κ2) is 6.95. The lowest BCUT2D eigenvalue weighted by molar-refractivity contribution is -0.139. The number of nitriles is 1. The molecule has 2 atom stereocenters. The number of halogens is 1. The highest BCUT2D eigenvalue weighted by Crippen LogP contribution is 2.31. The van der Waals surface area contributed by atoms with Crippen molar-refractivity contribution in [3.8, 4) is 11.8 Å². The van der Waals surface area contributed by atoms with Crippen molar-refractivity contribution in [2.24, 2.45) is 0 Å². The average Bonchev–Trinajstić information content (AvgIpc) is 2.36. The van der Waals surface area contributed by atoms with Gasteiger partial charge in [0.1, 0.15) is 11.9 Å². The molecular formula is C12H12ClNO5. The highest BCUT2D eigenvalue weighted by molar-refractivity contribution is 6.30. The van der Waals surface area contributed by atoms with E-state index in [-0.39, 0.29) is 17.7 Å². The first-order valence-corrected chi connectivity index (χ1v) is 5.70. The predicted molar refractivity (Wildman–Crippen MR) is 65.8 cm³/mol. The molecule has 0 heterocycles. The molecule has 2 unspecified atom stereocenters. The summed E-state index contributed by atoms with van der Waals surface area (Å²) in [5.41, 5.74) is 0.174. The minimum absolute atomic E-state index is 0.0550. The van der Waals surface area contributed by atoms with Crippen LogP contribution in [0.5, 0.6) is 5.75 Å². The standard InChI is InChI=1S/C12H12ClNO5/c13-7-1-2-8(12(18)9(15)3-4-14)10(5-7)19-6-11(16)17/h1-2,5,9,12,15,18H,3,6H2,(H,16,17). The number of hydrogen-bond donors (Lipinski definition) is 3. The molecule has 19 heavy (non-hydrogen) atoms. The van der Waals surface area contributed by atoms with Crippen molar-refractivity contribution in [1.29, 1.82) is 5.26 Å². The van der Waals surface area contributed by atoms with Gasteiger partial charge in [0, 0.05) is 10.6 Å². The summed E-state index contributed by atoms with van der Waals surface area (Å²) in [6.45, 7) is -0.603. The first-order chi connectivity index (χ1) is 8.95. The largest absolute Gasteiger partial charge is 0.481 e. The molecule has 1 aromatic carbocycles. The average molecular weight is 286 g/mol. The monoisotopic (exact) mass is 285 g/mol. The number of carbonyl (C=O) groups is 1. The highest BCUT2D eigenvalue weighted by Gasteiger charge is 2.22. The van der Waals surface area contributed by atoms with Crippen LogP contribution in [0.25, 0.3) is 0 Å². The van der Waals surface area contributed by atoms with Crippen LogP contribution in [0, 0.1) is 11.3 Å². The zero-order chi connectivity index (χ0) is 14.4. The SMILES string of the molecule is N#CCC(O)C(O)c1ccc(Cl)cc1OCC(=O)O. The van der Waals surface area contributed by atoms with E-state index in [1.54, 1.807) is 6.07 Å². The number of benzene rings is 1. The van der Waals surface area contributed by atoms with Crippen molar-refractivity contribution >= 4 is 17.6 Å². The van der Waals surface area contributed by atoms with Gasteiger partial charge < -0.3 is 20.1 Å². The van der Waals surface area contributed by atoms with E-state index < -0.39 is 24.8 Å². The second-order valence-corrected chi connectivity index (χ2v) is 4.18. The summed E-state index contributed by atoms with van der Waals surface area (Å²) in [5.74, 6) is -1.13.